The molecule has 0 bridgehead atoms. The minimum Gasteiger partial charge on any atom is -0.382 e. The van der Waals surface area contributed by atoms with Crippen LogP contribution < -0.4 is 11.1 Å². The fourth-order valence-corrected chi connectivity index (χ4v) is 2.46. The summed E-state index contributed by atoms with van der Waals surface area (Å²) in [4.78, 5) is 20.0. The highest BCUT2D eigenvalue weighted by Crippen LogP contribution is 2.30. The van der Waals surface area contributed by atoms with Gasteiger partial charge in [-0.1, -0.05) is 24.3 Å². The van der Waals surface area contributed by atoms with Gasteiger partial charge < -0.3 is 11.1 Å². The van der Waals surface area contributed by atoms with Crippen molar-refractivity contribution in [2.24, 2.45) is 0 Å². The van der Waals surface area contributed by atoms with Crippen molar-refractivity contribution in [3.8, 4) is 0 Å². The van der Waals surface area contributed by atoms with Crippen LogP contribution in [0.5, 0.6) is 0 Å². The summed E-state index contributed by atoms with van der Waals surface area (Å²) in [6.07, 6.45) is 4.83. The second-order valence-corrected chi connectivity index (χ2v) is 4.55. The van der Waals surface area contributed by atoms with E-state index < -0.39 is 0 Å². The third-order valence-electron chi connectivity index (χ3n) is 3.38. The smallest absolute Gasteiger partial charge is 0.274 e. The van der Waals surface area contributed by atoms with Crippen molar-refractivity contribution in [2.75, 3.05) is 5.73 Å². The van der Waals surface area contributed by atoms with Gasteiger partial charge in [-0.25, -0.2) is 9.97 Å². The van der Waals surface area contributed by atoms with E-state index in [1.165, 1.54) is 23.5 Å². The van der Waals surface area contributed by atoms with Gasteiger partial charge in [-0.05, 0) is 24.0 Å². The molecule has 0 fully saturated rings. The lowest BCUT2D eigenvalue weighted by molar-refractivity contribution is 0.0932. The van der Waals surface area contributed by atoms with Gasteiger partial charge in [0.1, 0.15) is 0 Å². The summed E-state index contributed by atoms with van der Waals surface area (Å²) in [6.45, 7) is 0. The number of nitrogens with two attached hydrogens (primary N) is 1. The Bertz CT molecular complexity index is 626. The first-order valence-corrected chi connectivity index (χ1v) is 6.21. The zero-order valence-corrected chi connectivity index (χ0v) is 10.3. The van der Waals surface area contributed by atoms with Gasteiger partial charge in [-0.15, -0.1) is 0 Å². The van der Waals surface area contributed by atoms with E-state index in [9.17, 15) is 4.79 Å². The van der Waals surface area contributed by atoms with E-state index in [2.05, 4.69) is 21.4 Å². The van der Waals surface area contributed by atoms with Gasteiger partial charge in [0, 0.05) is 12.4 Å². The molecular formula is C14H14N4O. The number of carbonyl (C=O) groups excluding carboxylic acids is 1. The molecule has 1 heterocycles. The molecule has 0 saturated carbocycles. The zero-order chi connectivity index (χ0) is 13.2. The Balaban J connectivity index is 1.81. The number of rotatable bonds is 2. The van der Waals surface area contributed by atoms with Crippen LogP contribution in [0.25, 0.3) is 0 Å². The molecule has 3 N–H and O–H groups in total. The molecule has 19 heavy (non-hydrogen) atoms. The first-order valence-electron chi connectivity index (χ1n) is 6.21. The minimum absolute atomic E-state index is 0.0325. The molecule has 1 unspecified atom stereocenters. The van der Waals surface area contributed by atoms with Gasteiger partial charge >= 0.3 is 0 Å². The number of hydrogen-bond donors (Lipinski definition) is 2. The van der Waals surface area contributed by atoms with Crippen LogP contribution in [-0.2, 0) is 6.42 Å². The number of aryl methyl sites for hydroxylation is 1. The van der Waals surface area contributed by atoms with Crippen LogP contribution >= 0.6 is 0 Å². The lowest BCUT2D eigenvalue weighted by atomic mass is 10.1. The van der Waals surface area contributed by atoms with Crippen LogP contribution in [0.2, 0.25) is 0 Å². The third-order valence-corrected chi connectivity index (χ3v) is 3.38. The van der Waals surface area contributed by atoms with Gasteiger partial charge in [0.15, 0.2) is 11.5 Å². The summed E-state index contributed by atoms with van der Waals surface area (Å²) in [5, 5.41) is 2.97. The van der Waals surface area contributed by atoms with E-state index in [1.807, 2.05) is 18.2 Å². The van der Waals surface area contributed by atoms with E-state index in [0.717, 1.165) is 12.8 Å². The van der Waals surface area contributed by atoms with E-state index in [1.54, 1.807) is 0 Å². The maximum Gasteiger partial charge on any atom is 0.274 e. The Morgan fingerprint density at radius 1 is 1.26 bits per heavy atom. The standard InChI is InChI=1S/C14H14N4O/c15-13-12(16-7-8-17-13)14(19)18-11-6-5-9-3-1-2-4-10(9)11/h1-4,7-8,11H,5-6H2,(H2,15,17)(H,18,19). The predicted octanol–water partition coefficient (Wildman–Crippen LogP) is 1.48. The molecule has 5 nitrogen and oxygen atoms in total. The van der Waals surface area contributed by atoms with Crippen molar-refractivity contribution in [1.82, 2.24) is 15.3 Å². The topological polar surface area (TPSA) is 80.9 Å². The molecule has 1 aromatic carbocycles. The fraction of sp³-hybridized carbons (Fsp3) is 0.214. The second kappa shape index (κ2) is 4.68. The van der Waals surface area contributed by atoms with Crippen LogP contribution in [0.1, 0.15) is 34.1 Å². The highest BCUT2D eigenvalue weighted by molar-refractivity contribution is 5.96. The van der Waals surface area contributed by atoms with Crippen LogP contribution in [0.15, 0.2) is 36.7 Å². The number of carbonyl (C=O) groups is 1. The number of fused-ring (bicyclic) bond motifs is 1. The number of amides is 1. The molecule has 0 radical (unpaired) electrons. The Labute approximate surface area is 110 Å². The summed E-state index contributed by atoms with van der Waals surface area (Å²) in [7, 11) is 0. The van der Waals surface area contributed by atoms with Crippen molar-refractivity contribution in [3.05, 3.63) is 53.5 Å². The molecule has 1 aromatic heterocycles. The normalized spacial score (nSPS) is 16.9. The lowest BCUT2D eigenvalue weighted by Gasteiger charge is -2.14. The number of benzene rings is 1. The van der Waals surface area contributed by atoms with Gasteiger partial charge in [-0.3, -0.25) is 4.79 Å². The summed E-state index contributed by atoms with van der Waals surface area (Å²) >= 11 is 0. The number of nitrogens with one attached hydrogen (secondary N) is 1. The number of hydrogen-bond acceptors (Lipinski definition) is 4. The molecule has 96 valence electrons. The van der Waals surface area contributed by atoms with E-state index in [0.29, 0.717) is 0 Å². The average molecular weight is 254 g/mol. The molecule has 2 aromatic rings. The third kappa shape index (κ3) is 2.14. The number of anilines is 1. The van der Waals surface area contributed by atoms with Gasteiger partial charge in [0.25, 0.3) is 5.91 Å². The van der Waals surface area contributed by atoms with Crippen LogP contribution in [0.4, 0.5) is 5.82 Å². The van der Waals surface area contributed by atoms with Crippen molar-refractivity contribution < 1.29 is 4.79 Å². The quantitative estimate of drug-likeness (QED) is 0.850. The zero-order valence-electron chi connectivity index (χ0n) is 10.3. The van der Waals surface area contributed by atoms with E-state index >= 15 is 0 Å². The molecule has 1 amide bonds. The number of nitrogen functional groups attached to an aromatic ring is 1. The first-order chi connectivity index (χ1) is 9.25. The van der Waals surface area contributed by atoms with Gasteiger partial charge in [0.2, 0.25) is 0 Å². The molecule has 0 spiro atoms. The van der Waals surface area contributed by atoms with Crippen molar-refractivity contribution in [2.45, 2.75) is 18.9 Å². The van der Waals surface area contributed by atoms with Crippen LogP contribution in [0.3, 0.4) is 0 Å². The Morgan fingerprint density at radius 2 is 2.05 bits per heavy atom. The van der Waals surface area contributed by atoms with E-state index in [-0.39, 0.29) is 23.5 Å². The average Bonchev–Trinajstić information content (AvgIpc) is 2.83. The number of aromatic nitrogens is 2. The minimum atomic E-state index is -0.271. The maximum absolute atomic E-state index is 12.1. The highest BCUT2D eigenvalue weighted by Gasteiger charge is 2.24. The van der Waals surface area contributed by atoms with Crippen LogP contribution in [0, 0.1) is 0 Å². The second-order valence-electron chi connectivity index (χ2n) is 4.55. The first kappa shape index (κ1) is 11.6. The molecule has 3 rings (SSSR count). The fourth-order valence-electron chi connectivity index (χ4n) is 2.46. The highest BCUT2D eigenvalue weighted by atomic mass is 16.2. The molecule has 0 aliphatic heterocycles. The van der Waals surface area contributed by atoms with Crippen LogP contribution in [-0.4, -0.2) is 15.9 Å². The van der Waals surface area contributed by atoms with Crippen molar-refractivity contribution >= 4 is 11.7 Å². The Kier molecular flexibility index (Phi) is 2.87. The van der Waals surface area contributed by atoms with Gasteiger partial charge in [-0.2, -0.15) is 0 Å². The molecule has 1 aliphatic rings. The van der Waals surface area contributed by atoms with E-state index in [4.69, 9.17) is 5.73 Å². The predicted molar refractivity (Wildman–Crippen MR) is 71.4 cm³/mol. The van der Waals surface area contributed by atoms with Gasteiger partial charge in [0.05, 0.1) is 6.04 Å². The molecule has 5 heteroatoms. The summed E-state index contributed by atoms with van der Waals surface area (Å²) in [6, 6.07) is 8.18. The largest absolute Gasteiger partial charge is 0.382 e. The summed E-state index contributed by atoms with van der Waals surface area (Å²) < 4.78 is 0. The SMILES string of the molecule is Nc1nccnc1C(=O)NC1CCc2ccccc21. The molecule has 1 atom stereocenters. The maximum atomic E-state index is 12.1. The molecular weight excluding hydrogens is 240 g/mol. The lowest BCUT2D eigenvalue weighted by Crippen LogP contribution is -2.28. The van der Waals surface area contributed by atoms with Crippen molar-refractivity contribution in [1.29, 1.82) is 0 Å². The molecule has 0 saturated heterocycles. The number of nitrogens with zero attached hydrogens (tertiary/aromatic N) is 2. The van der Waals surface area contributed by atoms with Crippen molar-refractivity contribution in [3.63, 3.8) is 0 Å². The Hall–Kier alpha value is -2.43. The summed E-state index contributed by atoms with van der Waals surface area (Å²) in [5.41, 5.74) is 8.31. The Morgan fingerprint density at radius 3 is 2.89 bits per heavy atom. The monoisotopic (exact) mass is 254 g/mol. The molecule has 1 aliphatic carbocycles. The summed E-state index contributed by atoms with van der Waals surface area (Å²) in [5.74, 6) is -0.112.